The fourth-order valence-corrected chi connectivity index (χ4v) is 2.05. The Labute approximate surface area is 146 Å². The van der Waals surface area contributed by atoms with Crippen LogP contribution in [0.5, 0.6) is 0 Å². The maximum absolute atomic E-state index is 12.0. The molecular formula is C18H19ClN2O3. The third-order valence-corrected chi connectivity index (χ3v) is 3.38. The molecular weight excluding hydrogens is 328 g/mol. The Bertz CT molecular complexity index is 714. The second kappa shape index (κ2) is 8.36. The summed E-state index contributed by atoms with van der Waals surface area (Å²) in [5.74, 6) is -0.0980. The van der Waals surface area contributed by atoms with Crippen LogP contribution in [-0.4, -0.2) is 18.6 Å². The summed E-state index contributed by atoms with van der Waals surface area (Å²) in [6.07, 6.45) is 0. The van der Waals surface area contributed by atoms with E-state index >= 15 is 0 Å². The Hall–Kier alpha value is -2.53. The summed E-state index contributed by atoms with van der Waals surface area (Å²) in [6.45, 7) is 4.31. The molecule has 0 saturated heterocycles. The standard InChI is InChI=1S/C18H19ClN2O3/c1-12(2)11-24-17(22)13-7-9-14(10-8-13)20-18(23)21-16-6-4-3-5-15(16)19/h3-10,12H,11H2,1-2H3,(H2,20,21,23). The zero-order chi connectivity index (χ0) is 17.5. The first-order chi connectivity index (χ1) is 11.5. The van der Waals surface area contributed by atoms with E-state index in [1.165, 1.54) is 0 Å². The molecule has 6 heteroatoms. The smallest absolute Gasteiger partial charge is 0.338 e. The number of anilines is 2. The van der Waals surface area contributed by atoms with Gasteiger partial charge in [-0.25, -0.2) is 9.59 Å². The average molecular weight is 347 g/mol. The van der Waals surface area contributed by atoms with E-state index in [1.54, 1.807) is 48.5 Å². The van der Waals surface area contributed by atoms with Crippen molar-refractivity contribution < 1.29 is 14.3 Å². The molecule has 0 atom stereocenters. The van der Waals surface area contributed by atoms with Gasteiger partial charge in [-0.15, -0.1) is 0 Å². The van der Waals surface area contributed by atoms with Crippen LogP contribution in [0.1, 0.15) is 24.2 Å². The number of amides is 2. The lowest BCUT2D eigenvalue weighted by molar-refractivity contribution is 0.0459. The van der Waals surface area contributed by atoms with Crippen molar-refractivity contribution in [1.29, 1.82) is 0 Å². The van der Waals surface area contributed by atoms with Crippen molar-refractivity contribution in [2.75, 3.05) is 17.2 Å². The molecule has 2 amide bonds. The Morgan fingerprint density at radius 2 is 1.71 bits per heavy atom. The summed E-state index contributed by atoms with van der Waals surface area (Å²) < 4.78 is 5.15. The van der Waals surface area contributed by atoms with E-state index in [0.29, 0.717) is 28.6 Å². The van der Waals surface area contributed by atoms with Crippen LogP contribution in [0.4, 0.5) is 16.2 Å². The number of nitrogens with one attached hydrogen (secondary N) is 2. The highest BCUT2D eigenvalue weighted by Crippen LogP contribution is 2.20. The molecule has 0 aliphatic carbocycles. The van der Waals surface area contributed by atoms with Crippen LogP contribution in [0, 0.1) is 5.92 Å². The summed E-state index contributed by atoms with van der Waals surface area (Å²) >= 11 is 5.98. The molecule has 0 aromatic heterocycles. The summed E-state index contributed by atoms with van der Waals surface area (Å²) in [6, 6.07) is 13.0. The predicted octanol–water partition coefficient (Wildman–Crippen LogP) is 4.80. The van der Waals surface area contributed by atoms with E-state index in [2.05, 4.69) is 10.6 Å². The van der Waals surface area contributed by atoms with Gasteiger partial charge in [-0.1, -0.05) is 37.6 Å². The predicted molar refractivity (Wildman–Crippen MR) is 95.7 cm³/mol. The summed E-state index contributed by atoms with van der Waals surface area (Å²) in [5, 5.41) is 5.78. The zero-order valence-electron chi connectivity index (χ0n) is 13.5. The number of hydrogen-bond acceptors (Lipinski definition) is 3. The van der Waals surface area contributed by atoms with E-state index in [4.69, 9.17) is 16.3 Å². The number of carbonyl (C=O) groups is 2. The molecule has 2 aromatic rings. The van der Waals surface area contributed by atoms with E-state index in [0.717, 1.165) is 0 Å². The molecule has 2 N–H and O–H groups in total. The highest BCUT2D eigenvalue weighted by Gasteiger charge is 2.09. The lowest BCUT2D eigenvalue weighted by Crippen LogP contribution is -2.19. The van der Waals surface area contributed by atoms with Gasteiger partial charge in [0.25, 0.3) is 0 Å². The largest absolute Gasteiger partial charge is 0.462 e. The first-order valence-corrected chi connectivity index (χ1v) is 7.93. The molecule has 0 saturated carbocycles. The number of halogens is 1. The Kier molecular flexibility index (Phi) is 6.21. The lowest BCUT2D eigenvalue weighted by atomic mass is 10.2. The first-order valence-electron chi connectivity index (χ1n) is 7.55. The van der Waals surface area contributed by atoms with Crippen molar-refractivity contribution in [3.8, 4) is 0 Å². The van der Waals surface area contributed by atoms with Gasteiger partial charge >= 0.3 is 12.0 Å². The number of benzene rings is 2. The fourth-order valence-electron chi connectivity index (χ4n) is 1.86. The molecule has 0 aliphatic heterocycles. The van der Waals surface area contributed by atoms with Crippen LogP contribution in [-0.2, 0) is 4.74 Å². The van der Waals surface area contributed by atoms with Gasteiger partial charge in [-0.2, -0.15) is 0 Å². The summed E-state index contributed by atoms with van der Waals surface area (Å²) in [5.41, 5.74) is 1.51. The third-order valence-electron chi connectivity index (χ3n) is 3.05. The van der Waals surface area contributed by atoms with E-state index < -0.39 is 6.03 Å². The molecule has 2 rings (SSSR count). The second-order valence-electron chi connectivity index (χ2n) is 5.63. The van der Waals surface area contributed by atoms with Crippen molar-refractivity contribution >= 4 is 35.0 Å². The lowest BCUT2D eigenvalue weighted by Gasteiger charge is -2.10. The molecule has 2 aromatic carbocycles. The van der Waals surface area contributed by atoms with Gasteiger partial charge in [0.05, 0.1) is 22.9 Å². The van der Waals surface area contributed by atoms with Crippen LogP contribution < -0.4 is 10.6 Å². The van der Waals surface area contributed by atoms with E-state index in [1.807, 2.05) is 13.8 Å². The molecule has 0 spiro atoms. The molecule has 0 heterocycles. The molecule has 24 heavy (non-hydrogen) atoms. The van der Waals surface area contributed by atoms with Gasteiger partial charge in [0.15, 0.2) is 0 Å². The van der Waals surface area contributed by atoms with Gasteiger partial charge < -0.3 is 15.4 Å². The van der Waals surface area contributed by atoms with Gasteiger partial charge in [-0.3, -0.25) is 0 Å². The first kappa shape index (κ1) is 17.8. The maximum atomic E-state index is 12.0. The topological polar surface area (TPSA) is 67.4 Å². The molecule has 0 bridgehead atoms. The SMILES string of the molecule is CC(C)COC(=O)c1ccc(NC(=O)Nc2ccccc2Cl)cc1. The van der Waals surface area contributed by atoms with Crippen LogP contribution >= 0.6 is 11.6 Å². The summed E-state index contributed by atoms with van der Waals surface area (Å²) in [4.78, 5) is 23.8. The van der Waals surface area contributed by atoms with Crippen LogP contribution in [0.3, 0.4) is 0 Å². The van der Waals surface area contributed by atoms with Crippen molar-refractivity contribution in [3.63, 3.8) is 0 Å². The van der Waals surface area contributed by atoms with Crippen LogP contribution in [0.2, 0.25) is 5.02 Å². The Morgan fingerprint density at radius 3 is 2.33 bits per heavy atom. The van der Waals surface area contributed by atoms with Gasteiger partial charge in [0.2, 0.25) is 0 Å². The number of esters is 1. The second-order valence-corrected chi connectivity index (χ2v) is 6.04. The van der Waals surface area contributed by atoms with Crippen LogP contribution in [0.15, 0.2) is 48.5 Å². The molecule has 0 aliphatic rings. The molecule has 126 valence electrons. The van der Waals surface area contributed by atoms with E-state index in [9.17, 15) is 9.59 Å². The van der Waals surface area contributed by atoms with Gasteiger partial charge in [0.1, 0.15) is 0 Å². The monoisotopic (exact) mass is 346 g/mol. The third kappa shape index (κ3) is 5.28. The Morgan fingerprint density at radius 1 is 1.04 bits per heavy atom. The fraction of sp³-hybridized carbons (Fsp3) is 0.222. The quantitative estimate of drug-likeness (QED) is 0.764. The highest BCUT2D eigenvalue weighted by atomic mass is 35.5. The number of urea groups is 1. The number of rotatable bonds is 5. The summed E-state index contributed by atoms with van der Waals surface area (Å²) in [7, 11) is 0. The minimum atomic E-state index is -0.418. The van der Waals surface area contributed by atoms with Crippen molar-refractivity contribution in [2.24, 2.45) is 5.92 Å². The number of ether oxygens (including phenoxy) is 1. The Balaban J connectivity index is 1.92. The van der Waals surface area contributed by atoms with E-state index in [-0.39, 0.29) is 11.9 Å². The molecule has 0 fully saturated rings. The minimum Gasteiger partial charge on any atom is -0.462 e. The van der Waals surface area contributed by atoms with Gasteiger partial charge in [0, 0.05) is 5.69 Å². The normalized spacial score (nSPS) is 10.3. The van der Waals surface area contributed by atoms with Crippen molar-refractivity contribution in [3.05, 3.63) is 59.1 Å². The molecule has 5 nitrogen and oxygen atoms in total. The van der Waals surface area contributed by atoms with Crippen molar-refractivity contribution in [1.82, 2.24) is 0 Å². The number of carbonyl (C=O) groups excluding carboxylic acids is 2. The van der Waals surface area contributed by atoms with Crippen molar-refractivity contribution in [2.45, 2.75) is 13.8 Å². The number of para-hydroxylation sites is 1. The molecule has 0 unspecified atom stereocenters. The highest BCUT2D eigenvalue weighted by molar-refractivity contribution is 6.33. The average Bonchev–Trinajstić information content (AvgIpc) is 2.55. The molecule has 0 radical (unpaired) electrons. The maximum Gasteiger partial charge on any atom is 0.338 e. The minimum absolute atomic E-state index is 0.281. The van der Waals surface area contributed by atoms with Crippen LogP contribution in [0.25, 0.3) is 0 Å². The number of hydrogen-bond donors (Lipinski definition) is 2. The van der Waals surface area contributed by atoms with Gasteiger partial charge in [-0.05, 0) is 42.3 Å². The zero-order valence-corrected chi connectivity index (χ0v) is 14.3.